The summed E-state index contributed by atoms with van der Waals surface area (Å²) in [5.41, 5.74) is 3.41. The molecule has 2 heterocycles. The Hall–Kier alpha value is -4.66. The highest BCUT2D eigenvalue weighted by Gasteiger charge is 2.28. The van der Waals surface area contributed by atoms with Gasteiger partial charge in [0.1, 0.15) is 0 Å². The highest BCUT2D eigenvalue weighted by Crippen LogP contribution is 2.46. The van der Waals surface area contributed by atoms with Crippen molar-refractivity contribution in [2.45, 2.75) is 6.42 Å². The van der Waals surface area contributed by atoms with Gasteiger partial charge in [0.2, 0.25) is 18.3 Å². The second kappa shape index (κ2) is 10.8. The van der Waals surface area contributed by atoms with Gasteiger partial charge in [0, 0.05) is 30.4 Å². The molecule has 2 aliphatic rings. The average molecular weight is 517 g/mol. The smallest absolute Gasteiger partial charge is 0.262 e. The van der Waals surface area contributed by atoms with Crippen molar-refractivity contribution in [2.24, 2.45) is 0 Å². The maximum atomic E-state index is 13.5. The number of fused-ring (bicyclic) bond motifs is 2. The summed E-state index contributed by atoms with van der Waals surface area (Å²) in [4.78, 5) is 27.9. The van der Waals surface area contributed by atoms with Crippen molar-refractivity contribution in [3.8, 4) is 28.7 Å². The fourth-order valence-corrected chi connectivity index (χ4v) is 4.47. The molecule has 0 spiro atoms. The molecule has 196 valence electrons. The van der Waals surface area contributed by atoms with Crippen molar-refractivity contribution in [3.05, 3.63) is 77.0 Å². The number of ketones is 1. The highest BCUT2D eigenvalue weighted by molar-refractivity contribution is 6.11. The van der Waals surface area contributed by atoms with Crippen LogP contribution in [0.3, 0.4) is 0 Å². The molecular weight excluding hydrogens is 488 g/mol. The van der Waals surface area contributed by atoms with Crippen molar-refractivity contribution >= 4 is 23.5 Å². The fraction of sp³-hybridized carbons (Fsp3) is 0.241. The molecule has 9 heteroatoms. The Balaban J connectivity index is 1.31. The number of allylic oxidation sites excluding steroid dienone is 1. The lowest BCUT2D eigenvalue weighted by atomic mass is 10.0. The van der Waals surface area contributed by atoms with Gasteiger partial charge in [0.15, 0.2) is 29.6 Å². The summed E-state index contributed by atoms with van der Waals surface area (Å²) in [6.45, 7) is 0.603. The number of benzene rings is 3. The SMILES string of the molecule is COc1ccccc1OCC(=O)Nc1ccc(C(=O)C2=Cc3c(cc4c(c3OC)OCO4)CCN2C)cc1. The molecular formula is C29H28N2O7. The Labute approximate surface area is 220 Å². The van der Waals surface area contributed by atoms with Gasteiger partial charge in [-0.3, -0.25) is 9.59 Å². The van der Waals surface area contributed by atoms with Gasteiger partial charge in [-0.15, -0.1) is 0 Å². The molecule has 2 aliphatic heterocycles. The Morgan fingerprint density at radius 1 is 1.00 bits per heavy atom. The first-order chi connectivity index (χ1) is 18.5. The van der Waals surface area contributed by atoms with E-state index >= 15 is 0 Å². The van der Waals surface area contributed by atoms with Crippen LogP contribution in [0, 0.1) is 0 Å². The number of anilines is 1. The summed E-state index contributed by atoms with van der Waals surface area (Å²) in [6.07, 6.45) is 2.56. The molecule has 0 bridgehead atoms. The van der Waals surface area contributed by atoms with Crippen LogP contribution >= 0.6 is 0 Å². The van der Waals surface area contributed by atoms with E-state index in [9.17, 15) is 9.59 Å². The van der Waals surface area contributed by atoms with Gasteiger partial charge < -0.3 is 33.9 Å². The molecule has 0 atom stereocenters. The van der Waals surface area contributed by atoms with E-state index < -0.39 is 0 Å². The van der Waals surface area contributed by atoms with Crippen LogP contribution in [0.1, 0.15) is 21.5 Å². The first-order valence-corrected chi connectivity index (χ1v) is 12.1. The third-order valence-electron chi connectivity index (χ3n) is 6.45. The van der Waals surface area contributed by atoms with E-state index in [0.717, 1.165) is 11.1 Å². The van der Waals surface area contributed by atoms with Crippen molar-refractivity contribution in [1.82, 2.24) is 4.90 Å². The quantitative estimate of drug-likeness (QED) is 0.446. The molecule has 0 saturated carbocycles. The maximum Gasteiger partial charge on any atom is 0.262 e. The number of ether oxygens (including phenoxy) is 5. The number of nitrogens with one attached hydrogen (secondary N) is 1. The molecule has 38 heavy (non-hydrogen) atoms. The number of methoxy groups -OCH3 is 2. The second-order valence-corrected chi connectivity index (χ2v) is 8.81. The predicted octanol–water partition coefficient (Wildman–Crippen LogP) is 4.16. The van der Waals surface area contributed by atoms with Crippen LogP contribution in [0.2, 0.25) is 0 Å². The van der Waals surface area contributed by atoms with Gasteiger partial charge in [-0.1, -0.05) is 12.1 Å². The number of rotatable bonds is 8. The molecule has 0 aliphatic carbocycles. The number of likely N-dealkylation sites (N-methyl/N-ethyl adjacent to an activating group) is 1. The highest BCUT2D eigenvalue weighted by atomic mass is 16.7. The van der Waals surface area contributed by atoms with E-state index in [0.29, 0.717) is 58.7 Å². The molecule has 0 aromatic heterocycles. The van der Waals surface area contributed by atoms with Crippen LogP contribution in [-0.2, 0) is 11.2 Å². The van der Waals surface area contributed by atoms with E-state index in [2.05, 4.69) is 5.32 Å². The lowest BCUT2D eigenvalue weighted by Crippen LogP contribution is -2.24. The van der Waals surface area contributed by atoms with E-state index in [4.69, 9.17) is 23.7 Å². The van der Waals surface area contributed by atoms with Crippen LogP contribution in [-0.4, -0.2) is 57.8 Å². The van der Waals surface area contributed by atoms with Crippen molar-refractivity contribution < 1.29 is 33.3 Å². The number of nitrogens with zero attached hydrogens (tertiary/aromatic N) is 1. The normalized spacial score (nSPS) is 13.7. The lowest BCUT2D eigenvalue weighted by molar-refractivity contribution is -0.118. The summed E-state index contributed by atoms with van der Waals surface area (Å²) < 4.78 is 27.6. The molecule has 0 saturated heterocycles. The number of hydrogen-bond acceptors (Lipinski definition) is 8. The molecule has 1 amide bonds. The Morgan fingerprint density at radius 3 is 2.50 bits per heavy atom. The molecule has 3 aromatic carbocycles. The standard InChI is InChI=1S/C29H28N2O7/c1-31-13-12-19-14-25-29(38-17-37-25)28(35-3)21(19)15-22(31)27(33)18-8-10-20(11-9-18)30-26(32)16-36-24-7-5-4-6-23(24)34-2/h4-11,14-15H,12-13,16-17H2,1-3H3,(H,30,32). The van der Waals surface area contributed by atoms with Gasteiger partial charge in [-0.25, -0.2) is 0 Å². The zero-order valence-electron chi connectivity index (χ0n) is 21.4. The second-order valence-electron chi connectivity index (χ2n) is 8.81. The summed E-state index contributed by atoms with van der Waals surface area (Å²) in [5, 5.41) is 2.78. The average Bonchev–Trinajstić information content (AvgIpc) is 3.34. The van der Waals surface area contributed by atoms with Gasteiger partial charge >= 0.3 is 0 Å². The zero-order valence-corrected chi connectivity index (χ0v) is 21.4. The topological polar surface area (TPSA) is 95.6 Å². The Kier molecular flexibility index (Phi) is 7.08. The summed E-state index contributed by atoms with van der Waals surface area (Å²) >= 11 is 0. The van der Waals surface area contributed by atoms with E-state index in [-0.39, 0.29) is 25.1 Å². The number of carbonyl (C=O) groups excluding carboxylic acids is 2. The summed E-state index contributed by atoms with van der Waals surface area (Å²) in [5.74, 6) is 2.32. The lowest BCUT2D eigenvalue weighted by Gasteiger charge is -2.20. The molecule has 3 aromatic rings. The van der Waals surface area contributed by atoms with Crippen LogP contribution in [0.25, 0.3) is 6.08 Å². The van der Waals surface area contributed by atoms with Gasteiger partial charge in [0.05, 0.1) is 19.9 Å². The predicted molar refractivity (Wildman–Crippen MR) is 141 cm³/mol. The monoisotopic (exact) mass is 516 g/mol. The van der Waals surface area contributed by atoms with Crippen LogP contribution in [0.4, 0.5) is 5.69 Å². The zero-order chi connectivity index (χ0) is 26.6. The molecule has 5 rings (SSSR count). The number of para-hydroxylation sites is 2. The van der Waals surface area contributed by atoms with E-state index in [1.54, 1.807) is 56.7 Å². The number of amides is 1. The molecule has 0 radical (unpaired) electrons. The largest absolute Gasteiger partial charge is 0.493 e. The molecule has 0 unspecified atom stereocenters. The molecule has 1 N–H and O–H groups in total. The first-order valence-electron chi connectivity index (χ1n) is 12.1. The minimum absolute atomic E-state index is 0.138. The van der Waals surface area contributed by atoms with Gasteiger partial charge in [-0.2, -0.15) is 0 Å². The number of hydrogen-bond donors (Lipinski definition) is 1. The van der Waals surface area contributed by atoms with Crippen LogP contribution in [0.5, 0.6) is 28.7 Å². The third-order valence-corrected chi connectivity index (χ3v) is 6.45. The maximum absolute atomic E-state index is 13.5. The Morgan fingerprint density at radius 2 is 1.76 bits per heavy atom. The first kappa shape index (κ1) is 25.0. The molecule has 0 fully saturated rings. The molecule has 9 nitrogen and oxygen atoms in total. The van der Waals surface area contributed by atoms with Crippen molar-refractivity contribution in [1.29, 1.82) is 0 Å². The number of carbonyl (C=O) groups is 2. The third kappa shape index (κ3) is 4.95. The van der Waals surface area contributed by atoms with Crippen molar-refractivity contribution in [2.75, 3.05) is 46.5 Å². The fourth-order valence-electron chi connectivity index (χ4n) is 4.47. The minimum Gasteiger partial charge on any atom is -0.493 e. The number of Topliss-reactive ketones (excluding diaryl/α,β-unsaturated/α-hetero) is 1. The van der Waals surface area contributed by atoms with E-state index in [1.165, 1.54) is 0 Å². The van der Waals surface area contributed by atoms with E-state index in [1.807, 2.05) is 30.2 Å². The van der Waals surface area contributed by atoms with Crippen LogP contribution < -0.4 is 29.0 Å². The summed E-state index contributed by atoms with van der Waals surface area (Å²) in [6, 6.07) is 15.8. The van der Waals surface area contributed by atoms with Gasteiger partial charge in [0.25, 0.3) is 5.91 Å². The minimum atomic E-state index is -0.330. The van der Waals surface area contributed by atoms with Gasteiger partial charge in [-0.05, 0) is 60.5 Å². The Bertz CT molecular complexity index is 1400. The van der Waals surface area contributed by atoms with Crippen LogP contribution in [0.15, 0.2) is 60.3 Å². The summed E-state index contributed by atoms with van der Waals surface area (Å²) in [7, 11) is 5.01. The van der Waals surface area contributed by atoms with Crippen molar-refractivity contribution in [3.63, 3.8) is 0 Å².